The van der Waals surface area contributed by atoms with Gasteiger partial charge in [0.1, 0.15) is 28.8 Å². The molecule has 21 heavy (non-hydrogen) atoms. The number of hydrogen-bond acceptors (Lipinski definition) is 5. The van der Waals surface area contributed by atoms with Crippen molar-refractivity contribution < 1.29 is 18.3 Å². The van der Waals surface area contributed by atoms with Crippen molar-refractivity contribution >= 4 is 11.9 Å². The second kappa shape index (κ2) is 6.16. The summed E-state index contributed by atoms with van der Waals surface area (Å²) >= 11 is 0. The van der Waals surface area contributed by atoms with Crippen LogP contribution in [0.1, 0.15) is 16.2 Å². The maximum atomic E-state index is 13.7. The number of hydrogen-bond donors (Lipinski definition) is 3. The fraction of sp³-hybridized carbons (Fsp3) is 0.250. The Hall–Kier alpha value is -2.71. The SMILES string of the molecule is COc1cc(F)c(C(=O)NCCc2nc(N)n[nH]2)c(F)c1. The van der Waals surface area contributed by atoms with E-state index >= 15 is 0 Å². The molecule has 0 atom stereocenters. The lowest BCUT2D eigenvalue weighted by Crippen LogP contribution is -2.27. The van der Waals surface area contributed by atoms with Crippen LogP contribution >= 0.6 is 0 Å². The summed E-state index contributed by atoms with van der Waals surface area (Å²) in [6, 6.07) is 1.88. The van der Waals surface area contributed by atoms with E-state index in [1.54, 1.807) is 0 Å². The van der Waals surface area contributed by atoms with E-state index in [2.05, 4.69) is 20.5 Å². The minimum atomic E-state index is -0.992. The van der Waals surface area contributed by atoms with Crippen molar-refractivity contribution in [1.29, 1.82) is 0 Å². The van der Waals surface area contributed by atoms with Crippen molar-refractivity contribution in [2.75, 3.05) is 19.4 Å². The first-order chi connectivity index (χ1) is 10.0. The highest BCUT2D eigenvalue weighted by Gasteiger charge is 2.18. The summed E-state index contributed by atoms with van der Waals surface area (Å²) in [5.41, 5.74) is 4.66. The first kappa shape index (κ1) is 14.7. The van der Waals surface area contributed by atoms with Crippen molar-refractivity contribution in [2.45, 2.75) is 6.42 Å². The zero-order valence-electron chi connectivity index (χ0n) is 11.1. The number of methoxy groups -OCH3 is 1. The largest absolute Gasteiger partial charge is 0.497 e. The first-order valence-corrected chi connectivity index (χ1v) is 5.99. The topological polar surface area (TPSA) is 106 Å². The Morgan fingerprint density at radius 2 is 2.10 bits per heavy atom. The number of nitrogens with one attached hydrogen (secondary N) is 2. The summed E-state index contributed by atoms with van der Waals surface area (Å²) in [5.74, 6) is -2.30. The highest BCUT2D eigenvalue weighted by Crippen LogP contribution is 2.20. The number of carbonyl (C=O) groups excluding carboxylic acids is 1. The number of nitrogens with zero attached hydrogens (tertiary/aromatic N) is 2. The molecule has 1 aromatic heterocycles. The molecule has 9 heteroatoms. The predicted molar refractivity (Wildman–Crippen MR) is 69.7 cm³/mol. The van der Waals surface area contributed by atoms with E-state index in [-0.39, 0.29) is 18.2 Å². The van der Waals surface area contributed by atoms with Gasteiger partial charge in [0.25, 0.3) is 5.91 Å². The second-order valence-electron chi connectivity index (χ2n) is 4.11. The number of nitrogens with two attached hydrogens (primary N) is 1. The van der Waals surface area contributed by atoms with Gasteiger partial charge in [0, 0.05) is 25.1 Å². The summed E-state index contributed by atoms with van der Waals surface area (Å²) in [5, 5.41) is 8.56. The number of halogens is 2. The molecule has 0 saturated heterocycles. The van der Waals surface area contributed by atoms with Gasteiger partial charge >= 0.3 is 0 Å². The van der Waals surface area contributed by atoms with Crippen molar-refractivity contribution in [3.63, 3.8) is 0 Å². The normalized spacial score (nSPS) is 10.4. The quantitative estimate of drug-likeness (QED) is 0.751. The smallest absolute Gasteiger partial charge is 0.257 e. The van der Waals surface area contributed by atoms with Crippen LogP contribution in [0.3, 0.4) is 0 Å². The van der Waals surface area contributed by atoms with Crippen LogP contribution in [0, 0.1) is 11.6 Å². The summed E-state index contributed by atoms with van der Waals surface area (Å²) < 4.78 is 32.1. The molecular formula is C12H13F2N5O2. The Morgan fingerprint density at radius 3 is 2.62 bits per heavy atom. The molecule has 2 aromatic rings. The zero-order valence-corrected chi connectivity index (χ0v) is 11.1. The highest BCUT2D eigenvalue weighted by atomic mass is 19.1. The standard InChI is InChI=1S/C12H13F2N5O2/c1-21-6-4-7(13)10(8(14)5-6)11(20)16-3-2-9-17-12(15)19-18-9/h4-5H,2-3H2,1H3,(H,16,20)(H3,15,17,18,19). The van der Waals surface area contributed by atoms with Crippen LogP contribution in [0.25, 0.3) is 0 Å². The third-order valence-corrected chi connectivity index (χ3v) is 2.67. The van der Waals surface area contributed by atoms with E-state index in [0.29, 0.717) is 12.2 Å². The van der Waals surface area contributed by atoms with Crippen LogP contribution in [0.2, 0.25) is 0 Å². The summed E-state index contributed by atoms with van der Waals surface area (Å²) in [7, 11) is 1.27. The monoisotopic (exact) mass is 297 g/mol. The average molecular weight is 297 g/mol. The average Bonchev–Trinajstić information content (AvgIpc) is 2.83. The number of anilines is 1. The van der Waals surface area contributed by atoms with E-state index in [9.17, 15) is 13.6 Å². The second-order valence-corrected chi connectivity index (χ2v) is 4.11. The predicted octanol–water partition coefficient (Wildman–Crippen LogP) is 0.646. The maximum absolute atomic E-state index is 13.7. The lowest BCUT2D eigenvalue weighted by molar-refractivity contribution is 0.0945. The number of amides is 1. The third-order valence-electron chi connectivity index (χ3n) is 2.67. The maximum Gasteiger partial charge on any atom is 0.257 e. The fourth-order valence-corrected chi connectivity index (χ4v) is 1.69. The summed E-state index contributed by atoms with van der Waals surface area (Å²) in [4.78, 5) is 15.6. The van der Waals surface area contributed by atoms with Gasteiger partial charge in [-0.05, 0) is 0 Å². The van der Waals surface area contributed by atoms with E-state index in [4.69, 9.17) is 10.5 Å². The number of ether oxygens (including phenoxy) is 1. The van der Waals surface area contributed by atoms with E-state index in [0.717, 1.165) is 12.1 Å². The van der Waals surface area contributed by atoms with Gasteiger partial charge in [-0.2, -0.15) is 4.98 Å². The first-order valence-electron chi connectivity index (χ1n) is 5.99. The summed E-state index contributed by atoms with van der Waals surface area (Å²) in [6.45, 7) is 0.123. The lowest BCUT2D eigenvalue weighted by Gasteiger charge is -2.08. The number of nitrogen functional groups attached to an aromatic ring is 1. The van der Waals surface area contributed by atoms with Gasteiger partial charge in [0.15, 0.2) is 0 Å². The van der Waals surface area contributed by atoms with Crippen LogP contribution in [0.5, 0.6) is 5.75 Å². The molecule has 4 N–H and O–H groups in total. The lowest BCUT2D eigenvalue weighted by atomic mass is 10.1. The fourth-order valence-electron chi connectivity index (χ4n) is 1.69. The van der Waals surface area contributed by atoms with Crippen LogP contribution < -0.4 is 15.8 Å². The molecule has 0 aliphatic heterocycles. The van der Waals surface area contributed by atoms with Gasteiger partial charge in [-0.1, -0.05) is 0 Å². The molecule has 0 aliphatic carbocycles. The molecule has 1 heterocycles. The van der Waals surface area contributed by atoms with E-state index in [1.165, 1.54) is 7.11 Å². The number of rotatable bonds is 5. The Labute approximate surface area is 118 Å². The molecule has 1 aromatic carbocycles. The minimum Gasteiger partial charge on any atom is -0.497 e. The number of benzene rings is 1. The Kier molecular flexibility index (Phi) is 4.31. The van der Waals surface area contributed by atoms with Gasteiger partial charge in [0.05, 0.1) is 7.11 Å². The molecule has 0 fully saturated rings. The molecule has 0 aliphatic rings. The van der Waals surface area contributed by atoms with Crippen molar-refractivity contribution in [3.05, 3.63) is 35.2 Å². The van der Waals surface area contributed by atoms with E-state index in [1.807, 2.05) is 0 Å². The molecule has 0 spiro atoms. The number of H-pyrrole nitrogens is 1. The van der Waals surface area contributed by atoms with Crippen molar-refractivity contribution in [2.24, 2.45) is 0 Å². The number of carbonyl (C=O) groups is 1. The molecule has 0 saturated carbocycles. The van der Waals surface area contributed by atoms with Crippen molar-refractivity contribution in [1.82, 2.24) is 20.5 Å². The molecule has 0 unspecified atom stereocenters. The molecule has 112 valence electrons. The van der Waals surface area contributed by atoms with Gasteiger partial charge in [-0.3, -0.25) is 9.89 Å². The van der Waals surface area contributed by atoms with E-state index < -0.39 is 23.1 Å². The van der Waals surface area contributed by atoms with Crippen LogP contribution in [-0.2, 0) is 6.42 Å². The Balaban J connectivity index is 2.00. The Morgan fingerprint density at radius 1 is 1.43 bits per heavy atom. The van der Waals surface area contributed by atoms with Crippen LogP contribution in [-0.4, -0.2) is 34.7 Å². The molecule has 0 radical (unpaired) electrons. The van der Waals surface area contributed by atoms with Crippen molar-refractivity contribution in [3.8, 4) is 5.75 Å². The number of aromatic nitrogens is 3. The molecular weight excluding hydrogens is 284 g/mol. The molecule has 2 rings (SSSR count). The minimum absolute atomic E-state index is 0.00122. The summed E-state index contributed by atoms with van der Waals surface area (Å²) in [6.07, 6.45) is 0.301. The highest BCUT2D eigenvalue weighted by molar-refractivity contribution is 5.94. The van der Waals surface area contributed by atoms with Gasteiger partial charge in [-0.25, -0.2) is 8.78 Å². The molecule has 0 bridgehead atoms. The molecule has 7 nitrogen and oxygen atoms in total. The third kappa shape index (κ3) is 3.44. The Bertz CT molecular complexity index is 636. The van der Waals surface area contributed by atoms with Gasteiger partial charge in [0.2, 0.25) is 5.95 Å². The zero-order chi connectivity index (χ0) is 15.4. The van der Waals surface area contributed by atoms with Gasteiger partial charge in [-0.15, -0.1) is 5.10 Å². The number of aromatic amines is 1. The van der Waals surface area contributed by atoms with Gasteiger partial charge < -0.3 is 15.8 Å². The van der Waals surface area contributed by atoms with Crippen LogP contribution in [0.15, 0.2) is 12.1 Å². The van der Waals surface area contributed by atoms with Crippen LogP contribution in [0.4, 0.5) is 14.7 Å². The molecule has 1 amide bonds.